The lowest BCUT2D eigenvalue weighted by atomic mass is 10.1. The summed E-state index contributed by atoms with van der Waals surface area (Å²) in [5, 5.41) is 0.490. The minimum atomic E-state index is -3.59. The molecule has 0 aromatic heterocycles. The van der Waals surface area contributed by atoms with Crippen molar-refractivity contribution in [2.45, 2.75) is 23.8 Å². The molecule has 27 heavy (non-hydrogen) atoms. The van der Waals surface area contributed by atoms with Crippen LogP contribution in [0.3, 0.4) is 0 Å². The summed E-state index contributed by atoms with van der Waals surface area (Å²) < 4.78 is 27.6. The number of amides is 1. The Balaban J connectivity index is 1.53. The van der Waals surface area contributed by atoms with Crippen molar-refractivity contribution in [2.75, 3.05) is 13.1 Å². The summed E-state index contributed by atoms with van der Waals surface area (Å²) in [4.78, 5) is 14.2. The predicted molar refractivity (Wildman–Crippen MR) is 107 cm³/mol. The molecule has 0 radical (unpaired) electrons. The average molecular weight is 405 g/mol. The highest BCUT2D eigenvalue weighted by molar-refractivity contribution is 7.89. The van der Waals surface area contributed by atoms with Gasteiger partial charge >= 0.3 is 0 Å². The van der Waals surface area contributed by atoms with E-state index in [1.807, 2.05) is 30.3 Å². The van der Waals surface area contributed by atoms with Gasteiger partial charge in [0.2, 0.25) is 15.9 Å². The summed E-state index contributed by atoms with van der Waals surface area (Å²) in [5.74, 6) is -0.0575. The van der Waals surface area contributed by atoms with Crippen LogP contribution in [0.2, 0.25) is 5.02 Å². The number of nitrogens with one attached hydrogen (secondary N) is 1. The van der Waals surface area contributed by atoms with E-state index in [0.29, 0.717) is 31.0 Å². The largest absolute Gasteiger partial charge is 0.339 e. The van der Waals surface area contributed by atoms with Gasteiger partial charge in [-0.3, -0.25) is 4.79 Å². The molecule has 1 fully saturated rings. The number of rotatable bonds is 5. The van der Waals surface area contributed by atoms with Crippen LogP contribution in [0, 0.1) is 0 Å². The van der Waals surface area contributed by atoms with E-state index in [9.17, 15) is 13.2 Å². The second-order valence-corrected chi connectivity index (χ2v) is 8.57. The van der Waals surface area contributed by atoms with Crippen LogP contribution >= 0.6 is 11.6 Å². The number of benzene rings is 2. The molecule has 5 nitrogen and oxygen atoms in total. The fourth-order valence-electron chi connectivity index (χ4n) is 2.96. The lowest BCUT2D eigenvalue weighted by Gasteiger charge is -2.31. The number of likely N-dealkylation sites (tertiary alicyclic amines) is 1. The quantitative estimate of drug-likeness (QED) is 0.777. The van der Waals surface area contributed by atoms with E-state index < -0.39 is 10.0 Å². The van der Waals surface area contributed by atoms with Crippen molar-refractivity contribution in [1.82, 2.24) is 9.62 Å². The zero-order chi connectivity index (χ0) is 19.3. The third kappa shape index (κ3) is 5.42. The van der Waals surface area contributed by atoms with Gasteiger partial charge in [0.15, 0.2) is 0 Å². The van der Waals surface area contributed by atoms with Crippen molar-refractivity contribution in [3.05, 3.63) is 71.3 Å². The van der Waals surface area contributed by atoms with E-state index in [2.05, 4.69) is 4.72 Å². The molecule has 0 atom stereocenters. The van der Waals surface area contributed by atoms with Crippen molar-refractivity contribution < 1.29 is 13.2 Å². The standard InChI is InChI=1S/C20H21ClN2O3S/c21-17-7-9-19(10-8-17)27(25,26)22-18-12-14-23(15-13-18)20(24)11-6-16-4-2-1-3-5-16/h1-11,18,22H,12-15H2. The van der Waals surface area contributed by atoms with Crippen LogP contribution in [0.1, 0.15) is 18.4 Å². The Morgan fingerprint density at radius 1 is 1.04 bits per heavy atom. The van der Waals surface area contributed by atoms with Crippen LogP contribution in [0.5, 0.6) is 0 Å². The molecule has 7 heteroatoms. The summed E-state index contributed by atoms with van der Waals surface area (Å²) in [6, 6.07) is 15.5. The maximum Gasteiger partial charge on any atom is 0.246 e. The molecule has 0 bridgehead atoms. The van der Waals surface area contributed by atoms with Gasteiger partial charge in [-0.2, -0.15) is 0 Å². The number of carbonyl (C=O) groups is 1. The molecule has 0 spiro atoms. The Morgan fingerprint density at radius 2 is 1.67 bits per heavy atom. The van der Waals surface area contributed by atoms with Gasteiger partial charge in [0, 0.05) is 30.2 Å². The lowest BCUT2D eigenvalue weighted by molar-refractivity contribution is -0.126. The van der Waals surface area contributed by atoms with Gasteiger partial charge in [-0.1, -0.05) is 41.9 Å². The zero-order valence-corrected chi connectivity index (χ0v) is 16.3. The number of nitrogens with zero attached hydrogens (tertiary/aromatic N) is 1. The summed E-state index contributed by atoms with van der Waals surface area (Å²) in [7, 11) is -3.59. The number of carbonyl (C=O) groups excluding carboxylic acids is 1. The minimum absolute atomic E-state index is 0.0575. The number of piperidine rings is 1. The first kappa shape index (κ1) is 19.6. The number of halogens is 1. The summed E-state index contributed by atoms with van der Waals surface area (Å²) in [6.45, 7) is 1.04. The molecular weight excluding hydrogens is 384 g/mol. The molecule has 1 saturated heterocycles. The molecule has 1 amide bonds. The van der Waals surface area contributed by atoms with Crippen molar-refractivity contribution in [1.29, 1.82) is 0 Å². The summed E-state index contributed by atoms with van der Waals surface area (Å²) in [6.07, 6.45) is 4.51. The van der Waals surface area contributed by atoms with Gasteiger partial charge in [0.1, 0.15) is 0 Å². The third-order valence-electron chi connectivity index (χ3n) is 4.47. The van der Waals surface area contributed by atoms with E-state index in [-0.39, 0.29) is 16.8 Å². The molecule has 1 N–H and O–H groups in total. The van der Waals surface area contributed by atoms with E-state index in [0.717, 1.165) is 5.56 Å². The van der Waals surface area contributed by atoms with Crippen LogP contribution in [-0.4, -0.2) is 38.4 Å². The Hall–Kier alpha value is -2.15. The Labute approximate surface area is 164 Å². The molecule has 2 aromatic carbocycles. The molecule has 0 aliphatic carbocycles. The predicted octanol–water partition coefficient (Wildman–Crippen LogP) is 3.32. The molecule has 142 valence electrons. The van der Waals surface area contributed by atoms with Crippen molar-refractivity contribution in [3.8, 4) is 0 Å². The highest BCUT2D eigenvalue weighted by Gasteiger charge is 2.25. The summed E-state index contributed by atoms with van der Waals surface area (Å²) >= 11 is 5.81. The molecule has 0 unspecified atom stereocenters. The van der Waals surface area contributed by atoms with Crippen molar-refractivity contribution in [2.24, 2.45) is 0 Å². The molecule has 1 heterocycles. The Kier molecular flexibility index (Phi) is 6.31. The number of hydrogen-bond acceptors (Lipinski definition) is 3. The van der Waals surface area contributed by atoms with Crippen LogP contribution in [-0.2, 0) is 14.8 Å². The van der Waals surface area contributed by atoms with Gasteiger partial charge in [0.25, 0.3) is 0 Å². The maximum atomic E-state index is 12.4. The highest BCUT2D eigenvalue weighted by Crippen LogP contribution is 2.17. The van der Waals surface area contributed by atoms with E-state index in [1.165, 1.54) is 12.1 Å². The van der Waals surface area contributed by atoms with Crippen LogP contribution in [0.15, 0.2) is 65.6 Å². The topological polar surface area (TPSA) is 66.5 Å². The second kappa shape index (κ2) is 8.69. The molecule has 3 rings (SSSR count). The highest BCUT2D eigenvalue weighted by atomic mass is 35.5. The lowest BCUT2D eigenvalue weighted by Crippen LogP contribution is -2.46. The van der Waals surface area contributed by atoms with E-state index in [1.54, 1.807) is 29.2 Å². The molecule has 2 aromatic rings. The van der Waals surface area contributed by atoms with Crippen LogP contribution in [0.4, 0.5) is 0 Å². The molecular formula is C20H21ClN2O3S. The maximum absolute atomic E-state index is 12.4. The fraction of sp³-hybridized carbons (Fsp3) is 0.250. The van der Waals surface area contributed by atoms with Crippen molar-refractivity contribution >= 4 is 33.6 Å². The minimum Gasteiger partial charge on any atom is -0.339 e. The first-order valence-corrected chi connectivity index (χ1v) is 10.6. The summed E-state index contributed by atoms with van der Waals surface area (Å²) in [5.41, 5.74) is 0.969. The van der Waals surface area contributed by atoms with E-state index in [4.69, 9.17) is 11.6 Å². The Bertz CT molecular complexity index is 904. The van der Waals surface area contributed by atoms with Gasteiger partial charge in [-0.15, -0.1) is 0 Å². The van der Waals surface area contributed by atoms with Gasteiger partial charge in [-0.05, 0) is 48.7 Å². The molecule has 1 aliphatic rings. The third-order valence-corrected chi connectivity index (χ3v) is 6.26. The molecule has 1 aliphatic heterocycles. The monoisotopic (exact) mass is 404 g/mol. The average Bonchev–Trinajstić information content (AvgIpc) is 2.67. The van der Waals surface area contributed by atoms with Gasteiger partial charge in [-0.25, -0.2) is 13.1 Å². The number of sulfonamides is 1. The van der Waals surface area contributed by atoms with Gasteiger partial charge < -0.3 is 4.90 Å². The Morgan fingerprint density at radius 3 is 2.30 bits per heavy atom. The molecule has 0 saturated carbocycles. The van der Waals surface area contributed by atoms with E-state index >= 15 is 0 Å². The smallest absolute Gasteiger partial charge is 0.246 e. The van der Waals surface area contributed by atoms with Crippen LogP contribution in [0.25, 0.3) is 6.08 Å². The first-order valence-electron chi connectivity index (χ1n) is 8.74. The van der Waals surface area contributed by atoms with Gasteiger partial charge in [0.05, 0.1) is 4.90 Å². The normalized spacial score (nSPS) is 16.0. The second-order valence-electron chi connectivity index (χ2n) is 6.42. The SMILES string of the molecule is O=C(C=Cc1ccccc1)N1CCC(NS(=O)(=O)c2ccc(Cl)cc2)CC1. The first-order chi connectivity index (χ1) is 12.9. The van der Waals surface area contributed by atoms with Crippen LogP contribution < -0.4 is 4.72 Å². The fourth-order valence-corrected chi connectivity index (χ4v) is 4.39. The zero-order valence-electron chi connectivity index (χ0n) is 14.7. The van der Waals surface area contributed by atoms with Crippen molar-refractivity contribution in [3.63, 3.8) is 0 Å². The number of hydrogen-bond donors (Lipinski definition) is 1.